The second-order valence-electron chi connectivity index (χ2n) is 7.05. The molecular weight excluding hydrogens is 375 g/mol. The highest BCUT2D eigenvalue weighted by Crippen LogP contribution is 2.25. The second-order valence-corrected chi connectivity index (χ2v) is 7.05. The number of hydrogen-bond donors (Lipinski definition) is 1. The average Bonchev–Trinajstić information content (AvgIpc) is 3.05. The number of halogens is 1. The van der Waals surface area contributed by atoms with Crippen molar-refractivity contribution in [1.82, 2.24) is 19.8 Å². The number of esters is 1. The number of rotatable bonds is 5. The molecule has 8 heteroatoms. The number of methoxy groups -OCH3 is 1. The third kappa shape index (κ3) is 4.12. The first-order chi connectivity index (χ1) is 14.0. The molecule has 3 aromatic rings. The summed E-state index contributed by atoms with van der Waals surface area (Å²) in [5, 5.41) is 3.70. The zero-order valence-corrected chi connectivity index (χ0v) is 16.0. The van der Waals surface area contributed by atoms with E-state index in [1.54, 1.807) is 24.4 Å². The van der Waals surface area contributed by atoms with Gasteiger partial charge in [-0.1, -0.05) is 12.1 Å². The van der Waals surface area contributed by atoms with Crippen molar-refractivity contribution >= 4 is 22.8 Å². The molecule has 1 aliphatic heterocycles. The lowest BCUT2D eigenvalue weighted by atomic mass is 10.1. The van der Waals surface area contributed by atoms with Gasteiger partial charge in [0.25, 0.3) is 0 Å². The van der Waals surface area contributed by atoms with E-state index in [0.717, 1.165) is 28.6 Å². The third-order valence-corrected chi connectivity index (χ3v) is 5.02. The largest absolute Gasteiger partial charge is 0.464 e. The highest BCUT2D eigenvalue weighted by Gasteiger charge is 2.20. The number of piperazine rings is 1. The number of hydrogen-bond acceptors (Lipinski definition) is 5. The van der Waals surface area contributed by atoms with Crippen molar-refractivity contribution < 1.29 is 18.7 Å². The van der Waals surface area contributed by atoms with Gasteiger partial charge in [0, 0.05) is 37.8 Å². The van der Waals surface area contributed by atoms with Crippen molar-refractivity contribution in [2.75, 3.05) is 26.7 Å². The Hall–Kier alpha value is -3.26. The molecule has 1 amide bonds. The Kier molecular flexibility index (Phi) is 5.26. The fourth-order valence-electron chi connectivity index (χ4n) is 3.59. The van der Waals surface area contributed by atoms with Gasteiger partial charge in [-0.15, -0.1) is 0 Å². The summed E-state index contributed by atoms with van der Waals surface area (Å²) in [4.78, 5) is 30.0. The molecule has 1 aliphatic rings. The SMILES string of the molecule is COC(=O)c1cc2c(CN3CCNC(=O)C3)cn(Cc3ccc(F)cc3)c2cn1. The first-order valence-electron chi connectivity index (χ1n) is 9.33. The number of nitrogens with zero attached hydrogens (tertiary/aromatic N) is 3. The van der Waals surface area contributed by atoms with Crippen molar-refractivity contribution in [3.8, 4) is 0 Å². The molecule has 4 rings (SSSR count). The van der Waals surface area contributed by atoms with Crippen molar-refractivity contribution in [3.63, 3.8) is 0 Å². The van der Waals surface area contributed by atoms with Gasteiger partial charge in [0.1, 0.15) is 11.5 Å². The molecule has 1 fully saturated rings. The van der Waals surface area contributed by atoms with Crippen molar-refractivity contribution in [2.45, 2.75) is 13.1 Å². The first kappa shape index (κ1) is 19.1. The Morgan fingerprint density at radius 1 is 1.28 bits per heavy atom. The highest BCUT2D eigenvalue weighted by atomic mass is 19.1. The number of carbonyl (C=O) groups is 2. The second kappa shape index (κ2) is 8.00. The molecule has 7 nitrogen and oxygen atoms in total. The minimum Gasteiger partial charge on any atom is -0.464 e. The molecule has 1 saturated heterocycles. The molecular formula is C21H21FN4O3. The zero-order chi connectivity index (χ0) is 20.4. The van der Waals surface area contributed by atoms with Crippen LogP contribution in [-0.4, -0.2) is 53.1 Å². The van der Waals surface area contributed by atoms with Crippen LogP contribution in [0.15, 0.2) is 42.7 Å². The van der Waals surface area contributed by atoms with Crippen molar-refractivity contribution in [2.24, 2.45) is 0 Å². The van der Waals surface area contributed by atoms with E-state index in [9.17, 15) is 14.0 Å². The van der Waals surface area contributed by atoms with Crippen LogP contribution in [0, 0.1) is 5.82 Å². The maximum atomic E-state index is 13.2. The molecule has 0 radical (unpaired) electrons. The predicted molar refractivity (Wildman–Crippen MR) is 105 cm³/mol. The Balaban J connectivity index is 1.72. The van der Waals surface area contributed by atoms with Crippen LogP contribution >= 0.6 is 0 Å². The summed E-state index contributed by atoms with van der Waals surface area (Å²) < 4.78 is 20.0. The molecule has 1 N–H and O–H groups in total. The minimum absolute atomic E-state index is 0.00298. The lowest BCUT2D eigenvalue weighted by Crippen LogP contribution is -2.47. The predicted octanol–water partition coefficient (Wildman–Crippen LogP) is 1.94. The lowest BCUT2D eigenvalue weighted by Gasteiger charge is -2.26. The topological polar surface area (TPSA) is 76.5 Å². The van der Waals surface area contributed by atoms with Gasteiger partial charge in [0.15, 0.2) is 0 Å². The normalized spacial score (nSPS) is 14.8. The summed E-state index contributed by atoms with van der Waals surface area (Å²) in [6.45, 7) is 2.81. The quantitative estimate of drug-likeness (QED) is 0.667. The highest BCUT2D eigenvalue weighted by molar-refractivity contribution is 5.93. The summed E-state index contributed by atoms with van der Waals surface area (Å²) in [5.41, 5.74) is 3.03. The van der Waals surface area contributed by atoms with Gasteiger partial charge in [-0.25, -0.2) is 14.2 Å². The molecule has 0 bridgehead atoms. The number of ether oxygens (including phenoxy) is 1. The van der Waals surface area contributed by atoms with E-state index in [0.29, 0.717) is 26.2 Å². The molecule has 2 aromatic heterocycles. The standard InChI is InChI=1S/C21H21FN4O3/c1-29-21(28)18-8-17-15(11-25-7-6-23-20(27)13-25)12-26(19(17)9-24-18)10-14-2-4-16(22)5-3-14/h2-5,8-9,12H,6-7,10-11,13H2,1H3,(H,23,27). The smallest absolute Gasteiger partial charge is 0.356 e. The van der Waals surface area contributed by atoms with E-state index < -0.39 is 5.97 Å². The molecule has 0 saturated carbocycles. The van der Waals surface area contributed by atoms with Crippen LogP contribution in [0.5, 0.6) is 0 Å². The summed E-state index contributed by atoms with van der Waals surface area (Å²) in [6, 6.07) is 8.07. The van der Waals surface area contributed by atoms with Crippen LogP contribution in [0.2, 0.25) is 0 Å². The van der Waals surface area contributed by atoms with E-state index in [-0.39, 0.29) is 17.4 Å². The summed E-state index contributed by atoms with van der Waals surface area (Å²) >= 11 is 0. The molecule has 0 atom stereocenters. The zero-order valence-electron chi connectivity index (χ0n) is 16.0. The van der Waals surface area contributed by atoms with Gasteiger partial charge in [0.2, 0.25) is 5.91 Å². The number of nitrogens with one attached hydrogen (secondary N) is 1. The van der Waals surface area contributed by atoms with E-state index in [4.69, 9.17) is 4.74 Å². The monoisotopic (exact) mass is 396 g/mol. The van der Waals surface area contributed by atoms with Crippen LogP contribution in [0.1, 0.15) is 21.6 Å². The molecule has 0 aliphatic carbocycles. The van der Waals surface area contributed by atoms with Gasteiger partial charge in [0.05, 0.1) is 25.4 Å². The van der Waals surface area contributed by atoms with Gasteiger partial charge in [-0.05, 0) is 29.3 Å². The minimum atomic E-state index is -0.499. The van der Waals surface area contributed by atoms with E-state index in [2.05, 4.69) is 15.2 Å². The third-order valence-electron chi connectivity index (χ3n) is 5.02. The molecule has 3 heterocycles. The molecule has 0 unspecified atom stereocenters. The van der Waals surface area contributed by atoms with Gasteiger partial charge >= 0.3 is 5.97 Å². The molecule has 1 aromatic carbocycles. The Morgan fingerprint density at radius 2 is 2.07 bits per heavy atom. The molecule has 29 heavy (non-hydrogen) atoms. The number of aromatic nitrogens is 2. The number of carbonyl (C=O) groups excluding carboxylic acids is 2. The van der Waals surface area contributed by atoms with Crippen LogP contribution in [-0.2, 0) is 22.6 Å². The Labute approximate surface area is 167 Å². The fourth-order valence-corrected chi connectivity index (χ4v) is 3.59. The number of pyridine rings is 1. The van der Waals surface area contributed by atoms with Crippen LogP contribution in [0.3, 0.4) is 0 Å². The van der Waals surface area contributed by atoms with E-state index in [1.807, 2.05) is 10.8 Å². The van der Waals surface area contributed by atoms with Crippen LogP contribution in [0.4, 0.5) is 4.39 Å². The van der Waals surface area contributed by atoms with Crippen molar-refractivity contribution in [3.05, 3.63) is 65.4 Å². The summed E-state index contributed by atoms with van der Waals surface area (Å²) in [7, 11) is 1.32. The fraction of sp³-hybridized carbons (Fsp3) is 0.286. The van der Waals surface area contributed by atoms with E-state index >= 15 is 0 Å². The molecule has 150 valence electrons. The Bertz CT molecular complexity index is 1060. The number of amides is 1. The maximum absolute atomic E-state index is 13.2. The van der Waals surface area contributed by atoms with E-state index in [1.165, 1.54) is 19.2 Å². The number of benzene rings is 1. The van der Waals surface area contributed by atoms with Gasteiger partial charge in [-0.2, -0.15) is 0 Å². The summed E-state index contributed by atoms with van der Waals surface area (Å²) in [5.74, 6) is -0.774. The maximum Gasteiger partial charge on any atom is 0.356 e. The van der Waals surface area contributed by atoms with Gasteiger partial charge in [-0.3, -0.25) is 9.69 Å². The van der Waals surface area contributed by atoms with Crippen molar-refractivity contribution in [1.29, 1.82) is 0 Å². The number of fused-ring (bicyclic) bond motifs is 1. The summed E-state index contributed by atoms with van der Waals surface area (Å²) in [6.07, 6.45) is 3.65. The Morgan fingerprint density at radius 3 is 2.79 bits per heavy atom. The lowest BCUT2D eigenvalue weighted by molar-refractivity contribution is -0.124. The molecule has 0 spiro atoms. The van der Waals surface area contributed by atoms with Gasteiger partial charge < -0.3 is 14.6 Å². The van der Waals surface area contributed by atoms with Crippen LogP contribution < -0.4 is 5.32 Å². The average molecular weight is 396 g/mol. The first-order valence-corrected chi connectivity index (χ1v) is 9.33. The van der Waals surface area contributed by atoms with Crippen LogP contribution in [0.25, 0.3) is 10.9 Å².